The molecule has 188 valence electrons. The first kappa shape index (κ1) is 25.4. The molecule has 0 unspecified atom stereocenters. The molecule has 2 aromatic carbocycles. The van der Waals surface area contributed by atoms with Gasteiger partial charge in [0.1, 0.15) is 17.7 Å². The molecule has 4 aromatic rings. The van der Waals surface area contributed by atoms with E-state index in [1.54, 1.807) is 22.3 Å². The number of aromatic nitrogens is 2. The quantitative estimate of drug-likeness (QED) is 0.345. The fraction of sp³-hybridized carbons (Fsp3) is 0.333. The van der Waals surface area contributed by atoms with Crippen LogP contribution in [0.3, 0.4) is 0 Å². The van der Waals surface area contributed by atoms with Crippen LogP contribution in [0, 0.1) is 0 Å². The van der Waals surface area contributed by atoms with Crippen molar-refractivity contribution in [3.05, 3.63) is 54.4 Å². The van der Waals surface area contributed by atoms with Crippen molar-refractivity contribution in [2.24, 2.45) is 0 Å². The summed E-state index contributed by atoms with van der Waals surface area (Å²) < 4.78 is 7.41. The van der Waals surface area contributed by atoms with Crippen LogP contribution in [-0.4, -0.2) is 52.1 Å². The zero-order valence-electron chi connectivity index (χ0n) is 21.0. The lowest BCUT2D eigenvalue weighted by molar-refractivity contribution is 0.0250. The Hall–Kier alpha value is -3.72. The molecule has 3 N–H and O–H groups in total. The maximum atomic E-state index is 12.9. The molecule has 2 aromatic heterocycles. The van der Waals surface area contributed by atoms with Gasteiger partial charge in [-0.3, -0.25) is 4.79 Å². The predicted octanol–water partition coefficient (Wildman–Crippen LogP) is 5.47. The number of amides is 2. The second-order valence-electron chi connectivity index (χ2n) is 9.55. The van der Waals surface area contributed by atoms with Gasteiger partial charge in [0.05, 0.1) is 10.2 Å². The highest BCUT2D eigenvalue weighted by Gasteiger charge is 2.21. The summed E-state index contributed by atoms with van der Waals surface area (Å²) in [6, 6.07) is 13.6. The first-order valence-corrected chi connectivity index (χ1v) is 12.8. The van der Waals surface area contributed by atoms with Crippen LogP contribution in [-0.2, 0) is 4.74 Å². The molecule has 0 aliphatic carbocycles. The Bertz CT molecular complexity index is 1410. The van der Waals surface area contributed by atoms with Crippen molar-refractivity contribution in [2.45, 2.75) is 39.7 Å². The molecule has 0 fully saturated rings. The van der Waals surface area contributed by atoms with Gasteiger partial charge in [0.2, 0.25) is 0 Å². The van der Waals surface area contributed by atoms with E-state index in [0.29, 0.717) is 31.0 Å². The van der Waals surface area contributed by atoms with Crippen molar-refractivity contribution in [3.63, 3.8) is 0 Å². The Labute approximate surface area is 214 Å². The summed E-state index contributed by atoms with van der Waals surface area (Å²) in [6.07, 6.45) is 1.91. The summed E-state index contributed by atoms with van der Waals surface area (Å²) in [5, 5.41) is 3.95. The van der Waals surface area contributed by atoms with Gasteiger partial charge in [0.15, 0.2) is 0 Å². The molecule has 9 heteroatoms. The number of hydrogen-bond acceptors (Lipinski definition) is 7. The Kier molecular flexibility index (Phi) is 7.40. The fourth-order valence-electron chi connectivity index (χ4n) is 3.91. The molecule has 2 heterocycles. The Balaban J connectivity index is 1.46. The van der Waals surface area contributed by atoms with Crippen LogP contribution < -0.4 is 11.1 Å². The summed E-state index contributed by atoms with van der Waals surface area (Å²) in [5.41, 5.74) is 8.80. The molecule has 4 rings (SSSR count). The van der Waals surface area contributed by atoms with Crippen LogP contribution in [0.1, 0.15) is 44.5 Å². The number of thiophene rings is 1. The molecule has 0 saturated carbocycles. The lowest BCUT2D eigenvalue weighted by Crippen LogP contribution is -2.41. The Morgan fingerprint density at radius 2 is 1.86 bits per heavy atom. The number of benzene rings is 2. The van der Waals surface area contributed by atoms with Gasteiger partial charge in [-0.1, -0.05) is 31.2 Å². The maximum Gasteiger partial charge on any atom is 0.410 e. The van der Waals surface area contributed by atoms with E-state index < -0.39 is 5.60 Å². The molecular formula is C27H31N5O3S. The molecular weight excluding hydrogens is 474 g/mol. The number of carbonyl (C=O) groups is 2. The second-order valence-corrected chi connectivity index (χ2v) is 10.6. The van der Waals surface area contributed by atoms with E-state index in [4.69, 9.17) is 10.5 Å². The third-order valence-corrected chi connectivity index (χ3v) is 6.72. The van der Waals surface area contributed by atoms with Gasteiger partial charge in [-0.05, 0) is 56.5 Å². The van der Waals surface area contributed by atoms with Gasteiger partial charge in [-0.25, -0.2) is 14.8 Å². The van der Waals surface area contributed by atoms with Crippen molar-refractivity contribution >= 4 is 49.5 Å². The minimum atomic E-state index is -0.564. The fourth-order valence-corrected chi connectivity index (χ4v) is 5.01. The van der Waals surface area contributed by atoms with Crippen LogP contribution in [0.5, 0.6) is 0 Å². The molecule has 8 nitrogen and oxygen atoms in total. The molecule has 0 aliphatic rings. The number of anilines is 1. The highest BCUT2D eigenvalue weighted by molar-refractivity contribution is 7.26. The third kappa shape index (κ3) is 5.73. The van der Waals surface area contributed by atoms with Crippen LogP contribution in [0.15, 0.2) is 48.8 Å². The monoisotopic (exact) mass is 505 g/mol. The van der Waals surface area contributed by atoms with E-state index in [1.807, 2.05) is 58.0 Å². The minimum absolute atomic E-state index is 0.191. The van der Waals surface area contributed by atoms with Gasteiger partial charge in [0.25, 0.3) is 5.91 Å². The van der Waals surface area contributed by atoms with Crippen LogP contribution in [0.4, 0.5) is 10.6 Å². The number of nitrogens with zero attached hydrogens (tertiary/aromatic N) is 3. The standard InChI is InChI=1S/C27H31N5O3S/c1-5-12-32(26(34)35-27(2,3)4)13-11-29-25(33)19-8-6-7-17(14-19)18-9-10-20-21(15-18)36-23-22(20)30-16-31-24(23)28/h6-10,14-16H,5,11-13H2,1-4H3,(H,29,33)(H2,28,30,31). The van der Waals surface area contributed by atoms with E-state index in [2.05, 4.69) is 21.4 Å². The summed E-state index contributed by atoms with van der Waals surface area (Å²) in [5.74, 6) is 0.286. The normalized spacial score (nSPS) is 11.6. The van der Waals surface area contributed by atoms with Crippen molar-refractivity contribution in [2.75, 3.05) is 25.4 Å². The lowest BCUT2D eigenvalue weighted by Gasteiger charge is -2.27. The first-order chi connectivity index (χ1) is 17.2. The summed E-state index contributed by atoms with van der Waals surface area (Å²) in [7, 11) is 0. The Morgan fingerprint density at radius 1 is 1.08 bits per heavy atom. The third-order valence-electron chi connectivity index (χ3n) is 5.55. The van der Waals surface area contributed by atoms with Gasteiger partial charge in [-0.15, -0.1) is 11.3 Å². The molecule has 0 bridgehead atoms. The SMILES string of the molecule is CCCN(CCNC(=O)c1cccc(-c2ccc3c(c2)sc2c(N)ncnc23)c1)C(=O)OC(C)(C)C. The van der Waals surface area contributed by atoms with E-state index in [-0.39, 0.29) is 12.0 Å². The highest BCUT2D eigenvalue weighted by Crippen LogP contribution is 2.37. The largest absolute Gasteiger partial charge is 0.444 e. The molecule has 0 saturated heterocycles. The van der Waals surface area contributed by atoms with Crippen LogP contribution in [0.2, 0.25) is 0 Å². The maximum absolute atomic E-state index is 12.9. The van der Waals surface area contributed by atoms with Gasteiger partial charge in [-0.2, -0.15) is 0 Å². The number of hydrogen-bond donors (Lipinski definition) is 2. The number of nitrogens with one attached hydrogen (secondary N) is 1. The summed E-state index contributed by atoms with van der Waals surface area (Å²) >= 11 is 1.56. The van der Waals surface area contributed by atoms with E-state index >= 15 is 0 Å². The van der Waals surface area contributed by atoms with Gasteiger partial charge in [0, 0.05) is 35.3 Å². The zero-order chi connectivity index (χ0) is 25.9. The van der Waals surface area contributed by atoms with E-state index in [9.17, 15) is 9.59 Å². The lowest BCUT2D eigenvalue weighted by atomic mass is 10.0. The van der Waals surface area contributed by atoms with Crippen LogP contribution >= 0.6 is 11.3 Å². The predicted molar refractivity (Wildman–Crippen MR) is 145 cm³/mol. The number of ether oxygens (including phenoxy) is 1. The molecule has 2 amide bonds. The number of rotatable bonds is 7. The van der Waals surface area contributed by atoms with Crippen molar-refractivity contribution in [1.29, 1.82) is 0 Å². The van der Waals surface area contributed by atoms with Crippen molar-refractivity contribution in [3.8, 4) is 11.1 Å². The number of nitrogens with two attached hydrogens (primary N) is 1. The molecule has 0 spiro atoms. The summed E-state index contributed by atoms with van der Waals surface area (Å²) in [4.78, 5) is 35.4. The molecule has 0 atom stereocenters. The second kappa shape index (κ2) is 10.5. The number of nitrogen functional groups attached to an aromatic ring is 1. The van der Waals surface area contributed by atoms with E-state index in [0.717, 1.165) is 37.9 Å². The van der Waals surface area contributed by atoms with Crippen LogP contribution in [0.25, 0.3) is 31.4 Å². The first-order valence-electron chi connectivity index (χ1n) is 12.0. The Morgan fingerprint density at radius 3 is 2.61 bits per heavy atom. The topological polar surface area (TPSA) is 110 Å². The average Bonchev–Trinajstić information content (AvgIpc) is 3.22. The highest BCUT2D eigenvalue weighted by atomic mass is 32.1. The van der Waals surface area contributed by atoms with Gasteiger partial charge >= 0.3 is 6.09 Å². The summed E-state index contributed by atoms with van der Waals surface area (Å²) in [6.45, 7) is 8.79. The van der Waals surface area contributed by atoms with Gasteiger partial charge < -0.3 is 20.7 Å². The molecule has 0 aliphatic heterocycles. The number of carbonyl (C=O) groups excluding carboxylic acids is 2. The molecule has 0 radical (unpaired) electrons. The zero-order valence-corrected chi connectivity index (χ0v) is 21.8. The molecule has 36 heavy (non-hydrogen) atoms. The number of fused-ring (bicyclic) bond motifs is 3. The van der Waals surface area contributed by atoms with Crippen molar-refractivity contribution < 1.29 is 14.3 Å². The van der Waals surface area contributed by atoms with E-state index in [1.165, 1.54) is 6.33 Å². The average molecular weight is 506 g/mol. The van der Waals surface area contributed by atoms with Crippen molar-refractivity contribution in [1.82, 2.24) is 20.2 Å². The smallest absolute Gasteiger partial charge is 0.410 e. The minimum Gasteiger partial charge on any atom is -0.444 e.